The highest BCUT2D eigenvalue weighted by atomic mass is 28.2. The van der Waals surface area contributed by atoms with Gasteiger partial charge in [-0.25, -0.2) is 0 Å². The fraction of sp³-hybridized carbons (Fsp3) is 1.00. The maximum absolute atomic E-state index is 10.5. The van der Waals surface area contributed by atoms with Gasteiger partial charge in [-0.15, -0.1) is 0 Å². The van der Waals surface area contributed by atoms with Gasteiger partial charge >= 0.3 is 0 Å². The van der Waals surface area contributed by atoms with E-state index in [1.54, 1.807) is 14.2 Å². The third kappa shape index (κ3) is 6.59. The molecule has 0 aromatic heterocycles. The fourth-order valence-electron chi connectivity index (χ4n) is 1.48. The first-order valence-corrected chi connectivity index (χ1v) is 7.16. The topological polar surface area (TPSA) is 61.6 Å². The largest absolute Gasteiger partial charge is 0.360 e. The molecule has 0 saturated heterocycles. The van der Waals surface area contributed by atoms with Gasteiger partial charge in [-0.3, -0.25) is 10.1 Å². The van der Waals surface area contributed by atoms with E-state index in [1.165, 1.54) is 0 Å². The summed E-state index contributed by atoms with van der Waals surface area (Å²) >= 11 is 0. The summed E-state index contributed by atoms with van der Waals surface area (Å²) in [5.74, 6) is -0.0410. The maximum Gasteiger partial charge on any atom is 0.212 e. The van der Waals surface area contributed by atoms with Crippen molar-refractivity contribution in [2.75, 3.05) is 14.2 Å². The summed E-state index contributed by atoms with van der Waals surface area (Å²) in [5.41, 5.74) is 0. The average molecular weight is 235 g/mol. The lowest BCUT2D eigenvalue weighted by atomic mass is 10.1. The number of rotatable bonds is 9. The molecule has 90 valence electrons. The molecule has 1 unspecified atom stereocenters. The summed E-state index contributed by atoms with van der Waals surface area (Å²) in [4.78, 5) is 10.4. The minimum Gasteiger partial charge on any atom is -0.360 e. The zero-order chi connectivity index (χ0) is 11.7. The van der Waals surface area contributed by atoms with Crippen LogP contribution in [0.3, 0.4) is 0 Å². The van der Waals surface area contributed by atoms with Crippen LogP contribution in [0.15, 0.2) is 0 Å². The van der Waals surface area contributed by atoms with E-state index in [0.717, 1.165) is 12.5 Å². The Balaban J connectivity index is 3.56. The summed E-state index contributed by atoms with van der Waals surface area (Å²) in [5, 5.41) is 10.5. The van der Waals surface area contributed by atoms with E-state index in [1.807, 2.05) is 6.92 Å². The summed E-state index contributed by atoms with van der Waals surface area (Å²) in [6.07, 6.45) is 2.21. The lowest BCUT2D eigenvalue weighted by Gasteiger charge is -2.12. The van der Waals surface area contributed by atoms with E-state index in [4.69, 9.17) is 9.47 Å². The van der Waals surface area contributed by atoms with Crippen LogP contribution in [0.5, 0.6) is 0 Å². The molecule has 0 N–H and O–H groups in total. The monoisotopic (exact) mass is 235 g/mol. The van der Waals surface area contributed by atoms with Crippen LogP contribution in [-0.4, -0.2) is 40.6 Å². The van der Waals surface area contributed by atoms with Gasteiger partial charge in [0.25, 0.3) is 0 Å². The molecule has 0 rings (SSSR count). The average Bonchev–Trinajstić information content (AvgIpc) is 2.23. The summed E-state index contributed by atoms with van der Waals surface area (Å²) in [6, 6.07) is 0.666. The summed E-state index contributed by atoms with van der Waals surface area (Å²) < 4.78 is 10.2. The van der Waals surface area contributed by atoms with Crippen LogP contribution in [0.4, 0.5) is 0 Å². The second-order valence-electron chi connectivity index (χ2n) is 3.53. The third-order valence-corrected chi connectivity index (χ3v) is 4.57. The molecule has 0 radical (unpaired) electrons. The molecule has 0 heterocycles. The van der Waals surface area contributed by atoms with Crippen LogP contribution in [0.1, 0.15) is 26.2 Å². The van der Waals surface area contributed by atoms with Crippen LogP contribution in [0.2, 0.25) is 6.04 Å². The minimum atomic E-state index is -0.417. The number of ether oxygens (including phenoxy) is 2. The van der Waals surface area contributed by atoms with E-state index in [0.29, 0.717) is 12.8 Å². The first kappa shape index (κ1) is 14.5. The molecule has 0 fully saturated rings. The van der Waals surface area contributed by atoms with Crippen molar-refractivity contribution >= 4 is 9.52 Å². The number of nitrogens with zero attached hydrogens (tertiary/aromatic N) is 1. The van der Waals surface area contributed by atoms with Crippen molar-refractivity contribution < 1.29 is 14.4 Å². The summed E-state index contributed by atoms with van der Waals surface area (Å²) in [6.45, 7) is 1.86. The Labute approximate surface area is 93.1 Å². The van der Waals surface area contributed by atoms with Gasteiger partial charge in [-0.1, -0.05) is 13.0 Å². The molecule has 0 aliphatic heterocycles. The number of nitro groups is 1. The van der Waals surface area contributed by atoms with Crippen LogP contribution < -0.4 is 0 Å². The lowest BCUT2D eigenvalue weighted by Crippen LogP contribution is -2.22. The maximum atomic E-state index is 10.5. The smallest absolute Gasteiger partial charge is 0.212 e. The first-order valence-electron chi connectivity index (χ1n) is 5.34. The van der Waals surface area contributed by atoms with Gasteiger partial charge in [0.1, 0.15) is 5.91 Å². The lowest BCUT2D eigenvalue weighted by molar-refractivity contribution is -0.523. The second kappa shape index (κ2) is 8.81. The molecular weight excluding hydrogens is 214 g/mol. The third-order valence-electron chi connectivity index (χ3n) is 2.52. The Morgan fingerprint density at radius 3 is 2.40 bits per heavy atom. The highest BCUT2D eigenvalue weighted by Crippen LogP contribution is 2.08. The van der Waals surface area contributed by atoms with Gasteiger partial charge in [0.15, 0.2) is 0 Å². The molecule has 6 heteroatoms. The van der Waals surface area contributed by atoms with Gasteiger partial charge in [0.2, 0.25) is 6.04 Å². The van der Waals surface area contributed by atoms with Gasteiger partial charge < -0.3 is 9.47 Å². The zero-order valence-corrected chi connectivity index (χ0v) is 11.2. The molecule has 0 aromatic carbocycles. The minimum absolute atomic E-state index is 0.0410. The zero-order valence-electron chi connectivity index (χ0n) is 9.77. The number of hydrogen-bond donors (Lipinski definition) is 0. The molecule has 0 amide bonds. The molecule has 0 aliphatic carbocycles. The number of methoxy groups -OCH3 is 2. The van der Waals surface area contributed by atoms with E-state index >= 15 is 0 Å². The van der Waals surface area contributed by atoms with Crippen LogP contribution in [-0.2, 0) is 9.47 Å². The Hall–Kier alpha value is -0.463. The molecular formula is C9H21NO4Si. The highest BCUT2D eigenvalue weighted by Gasteiger charge is 2.16. The molecule has 1 atom stereocenters. The Morgan fingerprint density at radius 2 is 2.00 bits per heavy atom. The summed E-state index contributed by atoms with van der Waals surface area (Å²) in [7, 11) is 2.85. The number of hydrogen-bond acceptors (Lipinski definition) is 4. The normalized spacial score (nSPS) is 13.9. The van der Waals surface area contributed by atoms with Crippen molar-refractivity contribution in [2.24, 2.45) is 0 Å². The standard InChI is InChI=1S/C9H21NO4Si/c1-4-8(10(11)12)6-5-7-15-9(13-2)14-3/h8-9H,4-7,15H2,1-3H3. The van der Waals surface area contributed by atoms with Gasteiger partial charge in [0.05, 0.1) is 9.52 Å². The predicted molar refractivity (Wildman–Crippen MR) is 61.5 cm³/mol. The molecule has 15 heavy (non-hydrogen) atoms. The van der Waals surface area contributed by atoms with Crippen LogP contribution in [0.25, 0.3) is 0 Å². The second-order valence-corrected chi connectivity index (χ2v) is 5.48. The fourth-order valence-corrected chi connectivity index (χ4v) is 2.86. The van der Waals surface area contributed by atoms with Crippen molar-refractivity contribution in [1.82, 2.24) is 0 Å². The van der Waals surface area contributed by atoms with E-state index in [-0.39, 0.29) is 16.9 Å². The van der Waals surface area contributed by atoms with Crippen LogP contribution in [0, 0.1) is 10.1 Å². The first-order chi connectivity index (χ1) is 7.15. The van der Waals surface area contributed by atoms with Gasteiger partial charge in [-0.05, 0) is 6.42 Å². The van der Waals surface area contributed by atoms with Crippen molar-refractivity contribution in [1.29, 1.82) is 0 Å². The van der Waals surface area contributed by atoms with Crippen molar-refractivity contribution in [3.8, 4) is 0 Å². The molecule has 0 aromatic rings. The SMILES string of the molecule is CCC(CCC[SiH2]C(OC)OC)[N+](=O)[O-]. The van der Waals surface area contributed by atoms with Gasteiger partial charge in [-0.2, -0.15) is 0 Å². The van der Waals surface area contributed by atoms with Crippen molar-refractivity contribution in [3.05, 3.63) is 10.1 Å². The van der Waals surface area contributed by atoms with Crippen molar-refractivity contribution in [2.45, 2.75) is 44.2 Å². The molecule has 0 spiro atoms. The quantitative estimate of drug-likeness (QED) is 0.196. The molecule has 0 bridgehead atoms. The highest BCUT2D eigenvalue weighted by molar-refractivity contribution is 6.36. The Kier molecular flexibility index (Phi) is 8.54. The van der Waals surface area contributed by atoms with E-state index < -0.39 is 9.52 Å². The Bertz CT molecular complexity index is 175. The van der Waals surface area contributed by atoms with E-state index in [2.05, 4.69) is 0 Å². The van der Waals surface area contributed by atoms with Crippen molar-refractivity contribution in [3.63, 3.8) is 0 Å². The van der Waals surface area contributed by atoms with Gasteiger partial charge in [0, 0.05) is 32.0 Å². The van der Waals surface area contributed by atoms with E-state index in [9.17, 15) is 10.1 Å². The predicted octanol–water partition coefficient (Wildman–Crippen LogP) is 0.985. The Morgan fingerprint density at radius 1 is 1.40 bits per heavy atom. The van der Waals surface area contributed by atoms with Crippen LogP contribution >= 0.6 is 0 Å². The molecule has 0 aliphatic rings. The molecule has 0 saturated carbocycles. The molecule has 5 nitrogen and oxygen atoms in total.